The number of nitrogens with two attached hydrogens (primary N) is 1. The Bertz CT molecular complexity index is 378. The highest BCUT2D eigenvalue weighted by Crippen LogP contribution is 2.37. The Morgan fingerprint density at radius 1 is 1.40 bits per heavy atom. The average Bonchev–Trinajstić information content (AvgIpc) is 2.08. The predicted octanol–water partition coefficient (Wildman–Crippen LogP) is 3.03. The van der Waals surface area contributed by atoms with Crippen LogP contribution in [-0.2, 0) is 0 Å². The van der Waals surface area contributed by atoms with Gasteiger partial charge in [-0.1, -0.05) is 15.9 Å². The monoisotopic (exact) mass is 283 g/mol. The first kappa shape index (κ1) is 12.3. The van der Waals surface area contributed by atoms with Crippen molar-refractivity contribution >= 4 is 15.9 Å². The molecule has 0 aliphatic rings. The van der Waals surface area contributed by atoms with Crippen molar-refractivity contribution in [3.63, 3.8) is 0 Å². The Hall–Kier alpha value is -0.750. The van der Waals surface area contributed by atoms with Crippen LogP contribution in [0.1, 0.15) is 17.2 Å². The molecule has 0 spiro atoms. The summed E-state index contributed by atoms with van der Waals surface area (Å²) in [5, 5.41) is 9.35. The molecule has 2 nitrogen and oxygen atoms in total. The van der Waals surface area contributed by atoms with E-state index in [9.17, 15) is 18.3 Å². The zero-order valence-corrected chi connectivity index (χ0v) is 9.35. The lowest BCUT2D eigenvalue weighted by molar-refractivity contribution is -0.149. The molecule has 0 fully saturated rings. The molecule has 0 radical (unpaired) electrons. The van der Waals surface area contributed by atoms with Gasteiger partial charge in [0.05, 0.1) is 0 Å². The van der Waals surface area contributed by atoms with Crippen molar-refractivity contribution in [3.8, 4) is 5.75 Å². The highest BCUT2D eigenvalue weighted by molar-refractivity contribution is 9.10. The number of phenolic OH excluding ortho intramolecular Hbond substituents is 1. The SMILES string of the molecule is Cc1cc(O)c([C@@H](N)C(F)(F)F)cc1Br. The van der Waals surface area contributed by atoms with Crippen molar-refractivity contribution in [2.45, 2.75) is 19.1 Å². The topological polar surface area (TPSA) is 46.2 Å². The summed E-state index contributed by atoms with van der Waals surface area (Å²) in [6.45, 7) is 1.66. The van der Waals surface area contributed by atoms with Crippen LogP contribution in [0.2, 0.25) is 0 Å². The second kappa shape index (κ2) is 4.02. The fourth-order valence-electron chi connectivity index (χ4n) is 1.11. The molecule has 0 bridgehead atoms. The average molecular weight is 284 g/mol. The summed E-state index contributed by atoms with van der Waals surface area (Å²) in [6.07, 6.45) is -4.56. The third-order valence-corrected chi connectivity index (χ3v) is 2.85. The Morgan fingerprint density at radius 3 is 2.40 bits per heavy atom. The van der Waals surface area contributed by atoms with E-state index in [1.54, 1.807) is 6.92 Å². The Labute approximate surface area is 93.0 Å². The molecule has 1 aromatic rings. The van der Waals surface area contributed by atoms with Crippen molar-refractivity contribution in [1.29, 1.82) is 0 Å². The van der Waals surface area contributed by atoms with Crippen LogP contribution in [0, 0.1) is 6.92 Å². The zero-order chi connectivity index (χ0) is 11.8. The summed E-state index contributed by atoms with van der Waals surface area (Å²) < 4.78 is 37.4. The number of hydrogen-bond donors (Lipinski definition) is 2. The molecule has 84 valence electrons. The standard InChI is InChI=1S/C9H9BrF3NO/c1-4-2-7(15)5(3-6(4)10)8(14)9(11,12)13/h2-3,8,15H,14H2,1H3/t8-/m1/s1. The van der Waals surface area contributed by atoms with Crippen LogP contribution < -0.4 is 5.73 Å². The molecular weight excluding hydrogens is 275 g/mol. The van der Waals surface area contributed by atoms with Gasteiger partial charge in [0, 0.05) is 10.0 Å². The van der Waals surface area contributed by atoms with Crippen LogP contribution in [0.3, 0.4) is 0 Å². The third kappa shape index (κ3) is 2.63. The number of hydrogen-bond acceptors (Lipinski definition) is 2. The summed E-state index contributed by atoms with van der Waals surface area (Å²) in [6, 6.07) is 0.253. The molecule has 0 aromatic heterocycles. The predicted molar refractivity (Wildman–Crippen MR) is 53.5 cm³/mol. The number of aryl methyl sites for hydroxylation is 1. The summed E-state index contributed by atoms with van der Waals surface area (Å²) in [4.78, 5) is 0. The minimum atomic E-state index is -4.56. The van der Waals surface area contributed by atoms with Gasteiger partial charge in [-0.2, -0.15) is 13.2 Å². The number of alkyl halides is 3. The molecule has 6 heteroatoms. The van der Waals surface area contributed by atoms with Crippen LogP contribution in [0.5, 0.6) is 5.75 Å². The lowest BCUT2D eigenvalue weighted by atomic mass is 10.0. The van der Waals surface area contributed by atoms with E-state index in [2.05, 4.69) is 15.9 Å². The third-order valence-electron chi connectivity index (χ3n) is 2.00. The maximum absolute atomic E-state index is 12.3. The van der Waals surface area contributed by atoms with Crippen molar-refractivity contribution in [2.24, 2.45) is 5.73 Å². The normalized spacial score (nSPS) is 14.0. The summed E-state index contributed by atoms with van der Waals surface area (Å²) >= 11 is 3.08. The number of halogens is 4. The minimum absolute atomic E-state index is 0.333. The maximum Gasteiger partial charge on any atom is 0.407 e. The van der Waals surface area contributed by atoms with Gasteiger partial charge in [-0.25, -0.2) is 0 Å². The Morgan fingerprint density at radius 2 is 1.93 bits per heavy atom. The lowest BCUT2D eigenvalue weighted by Gasteiger charge is -2.17. The first-order chi connectivity index (χ1) is 6.73. The van der Waals surface area contributed by atoms with Crippen LogP contribution in [0.25, 0.3) is 0 Å². The van der Waals surface area contributed by atoms with E-state index in [0.29, 0.717) is 10.0 Å². The first-order valence-electron chi connectivity index (χ1n) is 4.04. The molecule has 0 aliphatic carbocycles. The van der Waals surface area contributed by atoms with Gasteiger partial charge in [0.25, 0.3) is 0 Å². The summed E-state index contributed by atoms with van der Waals surface area (Å²) in [7, 11) is 0. The fraction of sp³-hybridized carbons (Fsp3) is 0.333. The van der Waals surface area contributed by atoms with Gasteiger partial charge < -0.3 is 10.8 Å². The molecule has 0 aliphatic heterocycles. The van der Waals surface area contributed by atoms with Crippen molar-refractivity contribution < 1.29 is 18.3 Å². The minimum Gasteiger partial charge on any atom is -0.508 e. The van der Waals surface area contributed by atoms with E-state index in [1.807, 2.05) is 0 Å². The summed E-state index contributed by atoms with van der Waals surface area (Å²) in [5.74, 6) is -0.444. The molecule has 0 heterocycles. The first-order valence-corrected chi connectivity index (χ1v) is 4.84. The number of rotatable bonds is 1. The van der Waals surface area contributed by atoms with Crippen LogP contribution in [-0.4, -0.2) is 11.3 Å². The van der Waals surface area contributed by atoms with Crippen LogP contribution in [0.4, 0.5) is 13.2 Å². The summed E-state index contributed by atoms with van der Waals surface area (Å²) in [5.41, 5.74) is 5.30. The highest BCUT2D eigenvalue weighted by atomic mass is 79.9. The van der Waals surface area contributed by atoms with Crippen LogP contribution in [0.15, 0.2) is 16.6 Å². The van der Waals surface area contributed by atoms with E-state index in [1.165, 1.54) is 12.1 Å². The quantitative estimate of drug-likeness (QED) is 0.832. The smallest absolute Gasteiger partial charge is 0.407 e. The molecule has 1 atom stereocenters. The zero-order valence-electron chi connectivity index (χ0n) is 7.77. The van der Waals surface area contributed by atoms with E-state index in [0.717, 1.165) is 0 Å². The Balaban J connectivity index is 3.21. The molecule has 0 saturated heterocycles. The van der Waals surface area contributed by atoms with Crippen molar-refractivity contribution in [3.05, 3.63) is 27.7 Å². The van der Waals surface area contributed by atoms with Gasteiger partial charge >= 0.3 is 6.18 Å². The fourth-order valence-corrected chi connectivity index (χ4v) is 1.47. The van der Waals surface area contributed by atoms with Gasteiger partial charge in [-0.3, -0.25) is 0 Å². The van der Waals surface area contributed by atoms with Crippen molar-refractivity contribution in [1.82, 2.24) is 0 Å². The molecule has 0 saturated carbocycles. The van der Waals surface area contributed by atoms with Gasteiger partial charge in [-0.15, -0.1) is 0 Å². The molecule has 0 unspecified atom stereocenters. The molecule has 1 rings (SSSR count). The second-order valence-electron chi connectivity index (χ2n) is 3.18. The van der Waals surface area contributed by atoms with Crippen LogP contribution >= 0.6 is 15.9 Å². The van der Waals surface area contributed by atoms with Gasteiger partial charge in [0.1, 0.15) is 11.8 Å². The molecule has 15 heavy (non-hydrogen) atoms. The second-order valence-corrected chi connectivity index (χ2v) is 4.03. The van der Waals surface area contributed by atoms with Gasteiger partial charge in [-0.05, 0) is 24.6 Å². The molecule has 1 aromatic carbocycles. The Kier molecular flexibility index (Phi) is 3.30. The van der Waals surface area contributed by atoms with E-state index in [4.69, 9.17) is 5.73 Å². The van der Waals surface area contributed by atoms with E-state index in [-0.39, 0.29) is 5.56 Å². The maximum atomic E-state index is 12.3. The number of phenols is 1. The molecular formula is C9H9BrF3NO. The van der Waals surface area contributed by atoms with Gasteiger partial charge in [0.2, 0.25) is 0 Å². The number of benzene rings is 1. The highest BCUT2D eigenvalue weighted by Gasteiger charge is 2.39. The number of aromatic hydroxyl groups is 1. The van der Waals surface area contributed by atoms with Gasteiger partial charge in [0.15, 0.2) is 0 Å². The lowest BCUT2D eigenvalue weighted by Crippen LogP contribution is -2.28. The van der Waals surface area contributed by atoms with E-state index < -0.39 is 18.0 Å². The van der Waals surface area contributed by atoms with Crippen molar-refractivity contribution in [2.75, 3.05) is 0 Å². The largest absolute Gasteiger partial charge is 0.508 e. The molecule has 3 N–H and O–H groups in total. The molecule has 0 amide bonds. The van der Waals surface area contributed by atoms with E-state index >= 15 is 0 Å².